The van der Waals surface area contributed by atoms with E-state index in [1.807, 2.05) is 0 Å². The molecule has 2 N–H and O–H groups in total. The highest BCUT2D eigenvalue weighted by molar-refractivity contribution is 5.94. The molecule has 3 rings (SSSR count). The molecule has 1 heterocycles. The van der Waals surface area contributed by atoms with Gasteiger partial charge in [0.15, 0.2) is 0 Å². The Hall–Kier alpha value is -1.62. The van der Waals surface area contributed by atoms with Gasteiger partial charge in [-0.1, -0.05) is 0 Å². The van der Waals surface area contributed by atoms with E-state index in [0.29, 0.717) is 23.8 Å². The lowest BCUT2D eigenvalue weighted by Crippen LogP contribution is -2.37. The molecule has 2 saturated carbocycles. The Morgan fingerprint density at radius 3 is 2.86 bits per heavy atom. The van der Waals surface area contributed by atoms with E-state index in [4.69, 9.17) is 9.84 Å². The molecule has 2 fully saturated rings. The molecule has 5 heteroatoms. The number of hydrogen-bond donors (Lipinski definition) is 2. The first-order valence-electron chi connectivity index (χ1n) is 7.80. The highest BCUT2D eigenvalue weighted by Gasteiger charge is 2.32. The van der Waals surface area contributed by atoms with Gasteiger partial charge in [-0.3, -0.25) is 4.79 Å². The van der Waals surface area contributed by atoms with E-state index in [-0.39, 0.29) is 24.7 Å². The van der Waals surface area contributed by atoms with E-state index >= 15 is 0 Å². The number of pyridine rings is 1. The quantitative estimate of drug-likeness (QED) is 0.804. The van der Waals surface area contributed by atoms with Crippen molar-refractivity contribution in [1.82, 2.24) is 10.3 Å². The first kappa shape index (κ1) is 14.3. The average Bonchev–Trinajstić information content (AvgIpc) is 3.27. The average molecular weight is 290 g/mol. The maximum Gasteiger partial charge on any atom is 0.251 e. The molecule has 1 unspecified atom stereocenters. The lowest BCUT2D eigenvalue weighted by atomic mass is 9.96. The summed E-state index contributed by atoms with van der Waals surface area (Å²) in [6.07, 6.45) is 8.10. The van der Waals surface area contributed by atoms with Crippen LogP contribution in [0.15, 0.2) is 18.3 Å². The predicted octanol–water partition coefficient (Wildman–Crippen LogP) is 1.90. The fourth-order valence-corrected chi connectivity index (χ4v) is 2.59. The first-order chi connectivity index (χ1) is 10.3. The minimum Gasteiger partial charge on any atom is -0.474 e. The van der Waals surface area contributed by atoms with Gasteiger partial charge in [0, 0.05) is 30.5 Å². The molecule has 0 bridgehead atoms. The Morgan fingerprint density at radius 1 is 1.43 bits per heavy atom. The predicted molar refractivity (Wildman–Crippen MR) is 78.2 cm³/mol. The van der Waals surface area contributed by atoms with Gasteiger partial charge < -0.3 is 15.2 Å². The smallest absolute Gasteiger partial charge is 0.251 e. The summed E-state index contributed by atoms with van der Waals surface area (Å²) in [6.45, 7) is 0.105. The van der Waals surface area contributed by atoms with E-state index < -0.39 is 0 Å². The van der Waals surface area contributed by atoms with Crippen molar-refractivity contribution in [2.24, 2.45) is 5.92 Å². The Bertz CT molecular complexity index is 498. The van der Waals surface area contributed by atoms with Crippen LogP contribution >= 0.6 is 0 Å². The number of nitrogens with one attached hydrogen (secondary N) is 1. The number of rotatable bonds is 7. The second kappa shape index (κ2) is 6.43. The van der Waals surface area contributed by atoms with Gasteiger partial charge in [-0.05, 0) is 50.5 Å². The molecule has 2 aliphatic rings. The summed E-state index contributed by atoms with van der Waals surface area (Å²) >= 11 is 0. The fraction of sp³-hybridized carbons (Fsp3) is 0.625. The summed E-state index contributed by atoms with van der Waals surface area (Å²) in [5, 5.41) is 12.1. The van der Waals surface area contributed by atoms with E-state index in [9.17, 15) is 4.79 Å². The topological polar surface area (TPSA) is 71.5 Å². The normalized spacial score (nSPS) is 19.7. The van der Waals surface area contributed by atoms with Crippen LogP contribution in [0.1, 0.15) is 48.9 Å². The van der Waals surface area contributed by atoms with E-state index in [2.05, 4.69) is 10.3 Å². The fourth-order valence-electron chi connectivity index (χ4n) is 2.59. The maximum atomic E-state index is 12.3. The van der Waals surface area contributed by atoms with Gasteiger partial charge in [-0.15, -0.1) is 0 Å². The summed E-state index contributed by atoms with van der Waals surface area (Å²) in [7, 11) is 0. The Kier molecular flexibility index (Phi) is 4.39. The van der Waals surface area contributed by atoms with Crippen LogP contribution in [0, 0.1) is 5.92 Å². The van der Waals surface area contributed by atoms with Crippen molar-refractivity contribution in [3.63, 3.8) is 0 Å². The van der Waals surface area contributed by atoms with Crippen molar-refractivity contribution in [1.29, 1.82) is 0 Å². The first-order valence-corrected chi connectivity index (χ1v) is 7.80. The third-order valence-electron chi connectivity index (χ3n) is 4.28. The largest absolute Gasteiger partial charge is 0.474 e. The summed E-state index contributed by atoms with van der Waals surface area (Å²) < 4.78 is 5.72. The third kappa shape index (κ3) is 3.73. The summed E-state index contributed by atoms with van der Waals surface area (Å²) in [5.74, 6) is 0.937. The Morgan fingerprint density at radius 2 is 2.24 bits per heavy atom. The van der Waals surface area contributed by atoms with Crippen LogP contribution in [-0.2, 0) is 0 Å². The Balaban J connectivity index is 1.61. The molecule has 1 aromatic rings. The lowest BCUT2D eigenvalue weighted by Gasteiger charge is -2.25. The molecule has 2 aliphatic carbocycles. The molecule has 114 valence electrons. The van der Waals surface area contributed by atoms with Crippen molar-refractivity contribution in [3.05, 3.63) is 23.9 Å². The zero-order chi connectivity index (χ0) is 14.7. The van der Waals surface area contributed by atoms with Crippen LogP contribution in [0.2, 0.25) is 0 Å². The Labute approximate surface area is 124 Å². The minimum absolute atomic E-state index is 0.0756. The van der Waals surface area contributed by atoms with Crippen LogP contribution in [0.25, 0.3) is 0 Å². The number of hydrogen-bond acceptors (Lipinski definition) is 4. The van der Waals surface area contributed by atoms with E-state index in [0.717, 1.165) is 25.7 Å². The minimum atomic E-state index is -0.110. The van der Waals surface area contributed by atoms with Crippen LogP contribution < -0.4 is 10.1 Å². The molecule has 0 radical (unpaired) electrons. The standard InChI is InChI=1S/C16H22N2O3/c19-9-7-14(11-4-5-11)18-16(20)12-6-8-17-15(10-12)21-13-2-1-3-13/h6,8,10-11,13-14,19H,1-5,7,9H2,(H,18,20). The van der Waals surface area contributed by atoms with Crippen LogP contribution in [0.4, 0.5) is 0 Å². The molecular formula is C16H22N2O3. The zero-order valence-corrected chi connectivity index (χ0v) is 12.1. The SMILES string of the molecule is O=C(NC(CCO)C1CC1)c1ccnc(OC2CCC2)c1. The van der Waals surface area contributed by atoms with E-state index in [1.165, 1.54) is 6.42 Å². The highest BCUT2D eigenvalue weighted by Crippen LogP contribution is 2.34. The highest BCUT2D eigenvalue weighted by atomic mass is 16.5. The number of carbonyl (C=O) groups is 1. The number of carbonyl (C=O) groups excluding carboxylic acids is 1. The van der Waals surface area contributed by atoms with E-state index in [1.54, 1.807) is 18.3 Å². The van der Waals surface area contributed by atoms with Gasteiger partial charge in [0.1, 0.15) is 6.10 Å². The van der Waals surface area contributed by atoms with Crippen LogP contribution in [0.3, 0.4) is 0 Å². The number of aliphatic hydroxyl groups is 1. The number of amides is 1. The molecule has 0 aliphatic heterocycles. The van der Waals surface area contributed by atoms with Crippen molar-refractivity contribution in [2.75, 3.05) is 6.61 Å². The van der Waals surface area contributed by atoms with Crippen LogP contribution in [0.5, 0.6) is 5.88 Å². The van der Waals surface area contributed by atoms with Crippen molar-refractivity contribution < 1.29 is 14.6 Å². The van der Waals surface area contributed by atoms with Gasteiger partial charge >= 0.3 is 0 Å². The maximum absolute atomic E-state index is 12.3. The lowest BCUT2D eigenvalue weighted by molar-refractivity contribution is 0.0919. The molecular weight excluding hydrogens is 268 g/mol. The zero-order valence-electron chi connectivity index (χ0n) is 12.1. The van der Waals surface area contributed by atoms with Crippen LogP contribution in [-0.4, -0.2) is 34.8 Å². The molecule has 5 nitrogen and oxygen atoms in total. The van der Waals surface area contributed by atoms with Crippen molar-refractivity contribution in [2.45, 2.75) is 50.7 Å². The molecule has 1 atom stereocenters. The monoisotopic (exact) mass is 290 g/mol. The number of aliphatic hydroxyl groups excluding tert-OH is 1. The van der Waals surface area contributed by atoms with Gasteiger partial charge in [0.05, 0.1) is 0 Å². The second-order valence-electron chi connectivity index (χ2n) is 5.98. The van der Waals surface area contributed by atoms with Gasteiger partial charge in [-0.25, -0.2) is 4.98 Å². The summed E-state index contributed by atoms with van der Waals surface area (Å²) in [6, 6.07) is 3.48. The molecule has 1 aromatic heterocycles. The number of nitrogens with zero attached hydrogens (tertiary/aromatic N) is 1. The number of aromatic nitrogens is 1. The van der Waals surface area contributed by atoms with Gasteiger partial charge in [0.2, 0.25) is 5.88 Å². The van der Waals surface area contributed by atoms with Gasteiger partial charge in [0.25, 0.3) is 5.91 Å². The third-order valence-corrected chi connectivity index (χ3v) is 4.28. The van der Waals surface area contributed by atoms with Crippen molar-refractivity contribution >= 4 is 5.91 Å². The molecule has 1 amide bonds. The summed E-state index contributed by atoms with van der Waals surface area (Å²) in [5.41, 5.74) is 0.572. The number of ether oxygens (including phenoxy) is 1. The molecule has 0 spiro atoms. The van der Waals surface area contributed by atoms with Crippen molar-refractivity contribution in [3.8, 4) is 5.88 Å². The second-order valence-corrected chi connectivity index (χ2v) is 5.98. The molecule has 0 aromatic carbocycles. The van der Waals surface area contributed by atoms with Gasteiger partial charge in [-0.2, -0.15) is 0 Å². The molecule has 0 saturated heterocycles. The molecule has 21 heavy (non-hydrogen) atoms. The summed E-state index contributed by atoms with van der Waals surface area (Å²) in [4.78, 5) is 16.5.